The largest absolute Gasteiger partial charge is 0.392 e. The highest BCUT2D eigenvalue weighted by Crippen LogP contribution is 2.11. The van der Waals surface area contributed by atoms with Crippen LogP contribution in [0.5, 0.6) is 0 Å². The van der Waals surface area contributed by atoms with Crippen LogP contribution in [0.2, 0.25) is 0 Å². The van der Waals surface area contributed by atoms with E-state index in [1.165, 1.54) is 6.33 Å². The molecule has 1 aromatic heterocycles. The number of aromatic amines is 1. The molecule has 0 amide bonds. The lowest BCUT2D eigenvalue weighted by Gasteiger charge is -2.11. The van der Waals surface area contributed by atoms with Crippen molar-refractivity contribution in [2.24, 2.45) is 0 Å². The molecule has 3 N–H and O–H groups in total. The molecule has 0 fully saturated rings. The summed E-state index contributed by atoms with van der Waals surface area (Å²) in [5, 5.41) is 15.2. The van der Waals surface area contributed by atoms with E-state index in [2.05, 4.69) is 19.9 Å². The molecule has 108 valence electrons. The maximum atomic E-state index is 12.0. The minimum Gasteiger partial charge on any atom is -0.392 e. The van der Waals surface area contributed by atoms with Crippen LogP contribution in [0.25, 0.3) is 0 Å². The van der Waals surface area contributed by atoms with Gasteiger partial charge >= 0.3 is 0 Å². The summed E-state index contributed by atoms with van der Waals surface area (Å²) in [4.78, 5) is 3.91. The highest BCUT2D eigenvalue weighted by atomic mass is 32.2. The first-order valence-corrected chi connectivity index (χ1v) is 7.69. The summed E-state index contributed by atoms with van der Waals surface area (Å²) in [6.07, 6.45) is 1.33. The molecule has 0 aliphatic heterocycles. The number of nitrogens with zero attached hydrogens (tertiary/aromatic N) is 2. The molecule has 2 rings (SSSR count). The number of aromatic nitrogens is 3. The van der Waals surface area contributed by atoms with Gasteiger partial charge in [0.1, 0.15) is 12.2 Å². The molecule has 1 unspecified atom stereocenters. The zero-order valence-corrected chi connectivity index (χ0v) is 11.8. The van der Waals surface area contributed by atoms with E-state index in [1.54, 1.807) is 31.2 Å². The molecule has 20 heavy (non-hydrogen) atoms. The number of rotatable bonds is 6. The highest BCUT2D eigenvalue weighted by Gasteiger charge is 2.18. The number of aliphatic hydroxyl groups is 1. The van der Waals surface area contributed by atoms with Crippen LogP contribution in [0.3, 0.4) is 0 Å². The summed E-state index contributed by atoms with van der Waals surface area (Å²) in [6, 6.07) is 6.29. The summed E-state index contributed by atoms with van der Waals surface area (Å²) in [7, 11) is -3.48. The van der Waals surface area contributed by atoms with Gasteiger partial charge in [-0.3, -0.25) is 5.10 Å². The quantitative estimate of drug-likeness (QED) is 0.718. The summed E-state index contributed by atoms with van der Waals surface area (Å²) in [5.74, 6) is 0.334. The molecule has 2 aromatic rings. The van der Waals surface area contributed by atoms with Crippen molar-refractivity contribution in [3.8, 4) is 0 Å². The van der Waals surface area contributed by atoms with E-state index in [9.17, 15) is 8.42 Å². The topological polar surface area (TPSA) is 108 Å². The van der Waals surface area contributed by atoms with Crippen molar-refractivity contribution in [2.45, 2.75) is 25.3 Å². The third-order valence-electron chi connectivity index (χ3n) is 2.76. The van der Waals surface area contributed by atoms with Gasteiger partial charge in [-0.15, -0.1) is 0 Å². The van der Waals surface area contributed by atoms with Crippen LogP contribution in [0, 0.1) is 0 Å². The lowest BCUT2D eigenvalue weighted by Crippen LogP contribution is -2.28. The van der Waals surface area contributed by atoms with E-state index < -0.39 is 16.1 Å². The molecular formula is C12H16N4O3S. The van der Waals surface area contributed by atoms with Crippen LogP contribution in [0.15, 0.2) is 30.6 Å². The second-order valence-electron chi connectivity index (χ2n) is 4.44. The third kappa shape index (κ3) is 3.86. The Morgan fingerprint density at radius 3 is 2.50 bits per heavy atom. The standard InChI is InChI=1S/C12H16N4O3S/c1-9(12-13-8-14-15-12)16-20(18,19)7-11-4-2-10(6-17)3-5-11/h2-5,8-9,16-17H,6-7H2,1H3,(H,13,14,15). The predicted octanol–water partition coefficient (Wildman–Crippen LogP) is 0.478. The van der Waals surface area contributed by atoms with E-state index in [1.807, 2.05) is 0 Å². The molecule has 8 heteroatoms. The number of hydrogen-bond donors (Lipinski definition) is 3. The minimum absolute atomic E-state index is 0.0617. The van der Waals surface area contributed by atoms with Crippen molar-refractivity contribution in [2.75, 3.05) is 0 Å². The molecule has 0 saturated carbocycles. The maximum absolute atomic E-state index is 12.0. The van der Waals surface area contributed by atoms with Crippen LogP contribution in [-0.2, 0) is 22.4 Å². The van der Waals surface area contributed by atoms with Crippen molar-refractivity contribution in [3.05, 3.63) is 47.5 Å². The monoisotopic (exact) mass is 296 g/mol. The number of aliphatic hydroxyl groups excluding tert-OH is 1. The maximum Gasteiger partial charge on any atom is 0.216 e. The molecule has 0 aliphatic rings. The molecule has 1 aromatic carbocycles. The molecule has 0 radical (unpaired) electrons. The Balaban J connectivity index is 2.03. The molecule has 1 heterocycles. The molecule has 0 bridgehead atoms. The van der Waals surface area contributed by atoms with Gasteiger partial charge in [0.2, 0.25) is 10.0 Å². The normalized spacial score (nSPS) is 13.3. The van der Waals surface area contributed by atoms with E-state index in [0.717, 1.165) is 5.56 Å². The number of benzene rings is 1. The molecule has 1 atom stereocenters. The summed E-state index contributed by atoms with van der Waals surface area (Å²) < 4.78 is 26.6. The Morgan fingerprint density at radius 2 is 1.95 bits per heavy atom. The van der Waals surface area contributed by atoms with E-state index in [-0.39, 0.29) is 12.4 Å². The van der Waals surface area contributed by atoms with Crippen LogP contribution in [0.1, 0.15) is 29.9 Å². The Labute approximate surface area is 117 Å². The van der Waals surface area contributed by atoms with E-state index in [0.29, 0.717) is 11.4 Å². The fourth-order valence-electron chi connectivity index (χ4n) is 1.75. The second kappa shape index (κ2) is 6.12. The average molecular weight is 296 g/mol. The van der Waals surface area contributed by atoms with Gasteiger partial charge in [-0.2, -0.15) is 5.10 Å². The number of sulfonamides is 1. The number of hydrogen-bond acceptors (Lipinski definition) is 5. The van der Waals surface area contributed by atoms with Crippen molar-refractivity contribution in [3.63, 3.8) is 0 Å². The third-order valence-corrected chi connectivity index (χ3v) is 4.19. The lowest BCUT2D eigenvalue weighted by atomic mass is 10.2. The first kappa shape index (κ1) is 14.6. The van der Waals surface area contributed by atoms with Crippen LogP contribution in [-0.4, -0.2) is 28.7 Å². The fourth-order valence-corrected chi connectivity index (χ4v) is 3.12. The van der Waals surface area contributed by atoms with E-state index >= 15 is 0 Å². The Hall–Kier alpha value is -1.77. The van der Waals surface area contributed by atoms with Crippen LogP contribution in [0.4, 0.5) is 0 Å². The Bertz CT molecular complexity index is 638. The van der Waals surface area contributed by atoms with Gasteiger partial charge in [-0.25, -0.2) is 18.1 Å². The SMILES string of the molecule is CC(NS(=O)(=O)Cc1ccc(CO)cc1)c1ncn[nH]1. The Morgan fingerprint density at radius 1 is 1.30 bits per heavy atom. The molecule has 0 saturated heterocycles. The van der Waals surface area contributed by atoms with Gasteiger partial charge in [0, 0.05) is 0 Å². The number of nitrogens with one attached hydrogen (secondary N) is 2. The lowest BCUT2D eigenvalue weighted by molar-refractivity contribution is 0.282. The van der Waals surface area contributed by atoms with Gasteiger partial charge in [-0.1, -0.05) is 24.3 Å². The predicted molar refractivity (Wildman–Crippen MR) is 72.9 cm³/mol. The summed E-state index contributed by atoms with van der Waals surface area (Å²) in [6.45, 7) is 1.63. The molecule has 7 nitrogen and oxygen atoms in total. The van der Waals surface area contributed by atoms with Gasteiger partial charge < -0.3 is 5.11 Å². The Kier molecular flexibility index (Phi) is 4.48. The van der Waals surface area contributed by atoms with Gasteiger partial charge in [0.25, 0.3) is 0 Å². The molecular weight excluding hydrogens is 280 g/mol. The van der Waals surface area contributed by atoms with Crippen LogP contribution >= 0.6 is 0 Å². The summed E-state index contributed by atoms with van der Waals surface area (Å²) in [5.41, 5.74) is 1.40. The van der Waals surface area contributed by atoms with Crippen LogP contribution < -0.4 is 4.72 Å². The zero-order chi connectivity index (χ0) is 14.6. The number of H-pyrrole nitrogens is 1. The minimum atomic E-state index is -3.48. The van der Waals surface area contributed by atoms with Gasteiger partial charge in [-0.05, 0) is 18.1 Å². The van der Waals surface area contributed by atoms with Crippen molar-refractivity contribution in [1.82, 2.24) is 19.9 Å². The summed E-state index contributed by atoms with van der Waals surface area (Å²) >= 11 is 0. The van der Waals surface area contributed by atoms with E-state index in [4.69, 9.17) is 5.11 Å². The molecule has 0 aliphatic carbocycles. The molecule has 0 spiro atoms. The van der Waals surface area contributed by atoms with Gasteiger partial charge in [0.15, 0.2) is 0 Å². The first-order valence-electron chi connectivity index (χ1n) is 6.04. The fraction of sp³-hybridized carbons (Fsp3) is 0.333. The second-order valence-corrected chi connectivity index (χ2v) is 6.20. The smallest absolute Gasteiger partial charge is 0.216 e. The van der Waals surface area contributed by atoms with Crippen molar-refractivity contribution < 1.29 is 13.5 Å². The zero-order valence-electron chi connectivity index (χ0n) is 10.9. The highest BCUT2D eigenvalue weighted by molar-refractivity contribution is 7.88. The average Bonchev–Trinajstić information content (AvgIpc) is 2.92. The van der Waals surface area contributed by atoms with Crippen molar-refractivity contribution in [1.29, 1.82) is 0 Å². The van der Waals surface area contributed by atoms with Crippen molar-refractivity contribution >= 4 is 10.0 Å². The van der Waals surface area contributed by atoms with Gasteiger partial charge in [0.05, 0.1) is 18.4 Å². The first-order chi connectivity index (χ1) is 9.50.